The zero-order valence-corrected chi connectivity index (χ0v) is 11.4. The van der Waals surface area contributed by atoms with Gasteiger partial charge in [0.2, 0.25) is 0 Å². The van der Waals surface area contributed by atoms with Crippen LogP contribution in [0.5, 0.6) is 0 Å². The fourth-order valence-electron chi connectivity index (χ4n) is 1.75. The molecule has 0 aromatic heterocycles. The lowest BCUT2D eigenvalue weighted by atomic mass is 10.1. The van der Waals surface area contributed by atoms with Crippen LogP contribution in [0.3, 0.4) is 0 Å². The molecule has 1 unspecified atom stereocenters. The first-order chi connectivity index (χ1) is 8.60. The van der Waals surface area contributed by atoms with Gasteiger partial charge in [-0.25, -0.2) is 0 Å². The summed E-state index contributed by atoms with van der Waals surface area (Å²) in [5.74, 6) is 0.798. The number of para-hydroxylation sites is 1. The predicted octanol–water partition coefficient (Wildman–Crippen LogP) is 2.43. The molecule has 6 heteroatoms. The van der Waals surface area contributed by atoms with Crippen LogP contribution in [-0.2, 0) is 0 Å². The van der Waals surface area contributed by atoms with Crippen molar-refractivity contribution in [3.63, 3.8) is 0 Å². The fraction of sp³-hybridized carbons (Fsp3) is 0.500. The van der Waals surface area contributed by atoms with Gasteiger partial charge in [0, 0.05) is 24.5 Å². The van der Waals surface area contributed by atoms with Crippen LogP contribution < -0.4 is 5.32 Å². The lowest BCUT2D eigenvalue weighted by Gasteiger charge is -2.19. The summed E-state index contributed by atoms with van der Waals surface area (Å²) in [4.78, 5) is 10.6. The number of hydrogen-bond acceptors (Lipinski definition) is 5. The Morgan fingerprint density at radius 2 is 2.28 bits per heavy atom. The number of nitrogens with zero attached hydrogens (tertiary/aromatic N) is 1. The minimum Gasteiger partial charge on any atom is -0.396 e. The van der Waals surface area contributed by atoms with Gasteiger partial charge >= 0.3 is 0 Å². The van der Waals surface area contributed by atoms with E-state index in [0.29, 0.717) is 12.1 Å². The van der Waals surface area contributed by atoms with E-state index in [1.165, 1.54) is 6.07 Å². The number of hydrogen-bond donors (Lipinski definition) is 2. The van der Waals surface area contributed by atoms with Crippen LogP contribution in [0.1, 0.15) is 12.0 Å². The molecule has 1 rings (SSSR count). The van der Waals surface area contributed by atoms with E-state index < -0.39 is 0 Å². The number of aryl methyl sites for hydroxylation is 1. The SMILES string of the molecule is CSCC(CCO)Nc1c(C)cccc1[N+](=O)[O-]. The molecule has 0 saturated heterocycles. The smallest absolute Gasteiger partial charge is 0.292 e. The normalized spacial score (nSPS) is 12.2. The number of rotatable bonds is 7. The zero-order chi connectivity index (χ0) is 13.5. The van der Waals surface area contributed by atoms with Gasteiger partial charge < -0.3 is 10.4 Å². The molecular formula is C12H18N2O3S. The molecule has 0 aliphatic rings. The van der Waals surface area contributed by atoms with Gasteiger partial charge in [0.05, 0.1) is 4.92 Å². The summed E-state index contributed by atoms with van der Waals surface area (Å²) >= 11 is 1.65. The van der Waals surface area contributed by atoms with E-state index in [1.54, 1.807) is 17.8 Å². The van der Waals surface area contributed by atoms with Crippen molar-refractivity contribution in [3.05, 3.63) is 33.9 Å². The Bertz CT molecular complexity index is 406. The molecule has 0 aliphatic heterocycles. The lowest BCUT2D eigenvalue weighted by Crippen LogP contribution is -2.24. The van der Waals surface area contributed by atoms with Gasteiger partial charge in [-0.15, -0.1) is 0 Å². The number of anilines is 1. The van der Waals surface area contributed by atoms with Crippen molar-refractivity contribution in [2.45, 2.75) is 19.4 Å². The Kier molecular flexibility index (Phi) is 5.94. The van der Waals surface area contributed by atoms with Crippen LogP contribution in [0.2, 0.25) is 0 Å². The summed E-state index contributed by atoms with van der Waals surface area (Å²) in [5.41, 5.74) is 1.47. The third-order valence-corrected chi connectivity index (χ3v) is 3.38. The van der Waals surface area contributed by atoms with Gasteiger partial charge in [-0.05, 0) is 25.2 Å². The molecule has 1 aromatic rings. The van der Waals surface area contributed by atoms with Crippen molar-refractivity contribution in [2.24, 2.45) is 0 Å². The molecule has 0 fully saturated rings. The second-order valence-corrected chi connectivity index (χ2v) is 4.95. The number of benzene rings is 1. The zero-order valence-electron chi connectivity index (χ0n) is 10.5. The molecule has 0 aliphatic carbocycles. The largest absolute Gasteiger partial charge is 0.396 e. The monoisotopic (exact) mass is 270 g/mol. The number of aliphatic hydroxyl groups excluding tert-OH is 1. The lowest BCUT2D eigenvalue weighted by molar-refractivity contribution is -0.384. The Morgan fingerprint density at radius 1 is 1.56 bits per heavy atom. The van der Waals surface area contributed by atoms with Crippen LogP contribution >= 0.6 is 11.8 Å². The van der Waals surface area contributed by atoms with E-state index in [0.717, 1.165) is 11.3 Å². The maximum atomic E-state index is 11.0. The third-order valence-electron chi connectivity index (χ3n) is 2.64. The molecule has 0 saturated carbocycles. The van der Waals surface area contributed by atoms with E-state index in [4.69, 9.17) is 5.11 Å². The van der Waals surface area contributed by atoms with Crippen molar-refractivity contribution >= 4 is 23.1 Å². The molecule has 18 heavy (non-hydrogen) atoms. The highest BCUT2D eigenvalue weighted by Gasteiger charge is 2.18. The molecular weight excluding hydrogens is 252 g/mol. The third kappa shape index (κ3) is 3.89. The van der Waals surface area contributed by atoms with Gasteiger partial charge in [-0.2, -0.15) is 11.8 Å². The molecule has 0 bridgehead atoms. The predicted molar refractivity (Wildman–Crippen MR) is 75.3 cm³/mol. The number of thioether (sulfide) groups is 1. The van der Waals surface area contributed by atoms with E-state index in [-0.39, 0.29) is 23.3 Å². The minimum absolute atomic E-state index is 0.0322. The molecule has 1 aromatic carbocycles. The van der Waals surface area contributed by atoms with Crippen LogP contribution in [0.15, 0.2) is 18.2 Å². The highest BCUT2D eigenvalue weighted by atomic mass is 32.2. The quantitative estimate of drug-likeness (QED) is 0.588. The first kappa shape index (κ1) is 14.8. The standard InChI is InChI=1S/C12H18N2O3S/c1-9-4-3-5-11(14(16)17)12(9)13-10(6-7-15)8-18-2/h3-5,10,13,15H,6-8H2,1-2H3. The van der Waals surface area contributed by atoms with Crippen LogP contribution in [0.25, 0.3) is 0 Å². The second-order valence-electron chi connectivity index (χ2n) is 4.04. The summed E-state index contributed by atoms with van der Waals surface area (Å²) in [6, 6.07) is 5.04. The van der Waals surface area contributed by atoms with E-state index in [2.05, 4.69) is 5.32 Å². The van der Waals surface area contributed by atoms with Crippen LogP contribution in [0, 0.1) is 17.0 Å². The Balaban J connectivity index is 2.96. The maximum Gasteiger partial charge on any atom is 0.292 e. The van der Waals surface area contributed by atoms with Gasteiger partial charge in [0.25, 0.3) is 5.69 Å². The topological polar surface area (TPSA) is 75.4 Å². The van der Waals surface area contributed by atoms with Crippen LogP contribution in [0.4, 0.5) is 11.4 Å². The van der Waals surface area contributed by atoms with E-state index in [9.17, 15) is 10.1 Å². The van der Waals surface area contributed by atoms with Crippen LogP contribution in [-0.4, -0.2) is 34.7 Å². The molecule has 2 N–H and O–H groups in total. The Morgan fingerprint density at radius 3 is 2.83 bits per heavy atom. The first-order valence-corrected chi connectivity index (χ1v) is 7.09. The molecule has 0 amide bonds. The van der Waals surface area contributed by atoms with Crippen molar-refractivity contribution in [3.8, 4) is 0 Å². The van der Waals surface area contributed by atoms with Crippen molar-refractivity contribution in [1.82, 2.24) is 0 Å². The highest BCUT2D eigenvalue weighted by Crippen LogP contribution is 2.28. The number of nitro groups is 1. The van der Waals surface area contributed by atoms with Crippen molar-refractivity contribution < 1.29 is 10.0 Å². The Hall–Kier alpha value is -1.27. The Labute approximate surface area is 111 Å². The summed E-state index contributed by atoms with van der Waals surface area (Å²) in [7, 11) is 0. The summed E-state index contributed by atoms with van der Waals surface area (Å²) in [6.45, 7) is 1.91. The van der Waals surface area contributed by atoms with Crippen molar-refractivity contribution in [2.75, 3.05) is 23.9 Å². The fourth-order valence-corrected chi connectivity index (χ4v) is 2.40. The van der Waals surface area contributed by atoms with Crippen molar-refractivity contribution in [1.29, 1.82) is 0 Å². The van der Waals surface area contributed by atoms with Gasteiger partial charge in [-0.1, -0.05) is 12.1 Å². The average Bonchev–Trinajstić information content (AvgIpc) is 2.32. The number of aliphatic hydroxyl groups is 1. The average molecular weight is 270 g/mol. The summed E-state index contributed by atoms with van der Waals surface area (Å²) < 4.78 is 0. The van der Waals surface area contributed by atoms with E-state index in [1.807, 2.05) is 19.2 Å². The summed E-state index contributed by atoms with van der Waals surface area (Å²) in [6.07, 6.45) is 2.55. The summed E-state index contributed by atoms with van der Waals surface area (Å²) in [5, 5.41) is 23.2. The minimum atomic E-state index is -0.384. The van der Waals surface area contributed by atoms with Gasteiger partial charge in [-0.3, -0.25) is 10.1 Å². The second kappa shape index (κ2) is 7.23. The number of nitro benzene ring substituents is 1. The number of nitrogens with one attached hydrogen (secondary N) is 1. The highest BCUT2D eigenvalue weighted by molar-refractivity contribution is 7.98. The molecule has 5 nitrogen and oxygen atoms in total. The van der Waals surface area contributed by atoms with Gasteiger partial charge in [0.1, 0.15) is 5.69 Å². The van der Waals surface area contributed by atoms with E-state index >= 15 is 0 Å². The molecule has 0 heterocycles. The molecule has 0 spiro atoms. The molecule has 1 atom stereocenters. The molecule has 0 radical (unpaired) electrons. The molecule has 100 valence electrons. The maximum absolute atomic E-state index is 11.0. The van der Waals surface area contributed by atoms with Gasteiger partial charge in [0.15, 0.2) is 0 Å². The first-order valence-electron chi connectivity index (χ1n) is 5.70.